The van der Waals surface area contributed by atoms with Gasteiger partial charge in [0.1, 0.15) is 5.15 Å². The molecule has 0 fully saturated rings. The summed E-state index contributed by atoms with van der Waals surface area (Å²) in [4.78, 5) is 15.1. The SMILES string of the molecule is O=C(O)c1cc2cc3ccccc3cc2nc1Cl. The number of hydrogen-bond donors (Lipinski definition) is 1. The van der Waals surface area contributed by atoms with Crippen LogP contribution in [0.5, 0.6) is 0 Å². The molecule has 0 spiro atoms. The lowest BCUT2D eigenvalue weighted by molar-refractivity contribution is 0.0697. The molecule has 0 aliphatic rings. The highest BCUT2D eigenvalue weighted by molar-refractivity contribution is 6.32. The van der Waals surface area contributed by atoms with Crippen LogP contribution in [0.2, 0.25) is 5.15 Å². The summed E-state index contributed by atoms with van der Waals surface area (Å²) in [6.45, 7) is 0. The second kappa shape index (κ2) is 3.96. The van der Waals surface area contributed by atoms with E-state index in [1.807, 2.05) is 36.4 Å². The number of aromatic carboxylic acids is 1. The Morgan fingerprint density at radius 2 is 1.72 bits per heavy atom. The van der Waals surface area contributed by atoms with Crippen molar-refractivity contribution in [1.82, 2.24) is 4.98 Å². The molecule has 0 aliphatic heterocycles. The molecule has 1 heterocycles. The molecule has 18 heavy (non-hydrogen) atoms. The Kier molecular flexibility index (Phi) is 2.42. The van der Waals surface area contributed by atoms with Crippen LogP contribution in [-0.4, -0.2) is 16.1 Å². The van der Waals surface area contributed by atoms with Crippen molar-refractivity contribution in [3.05, 3.63) is 53.2 Å². The molecule has 0 aliphatic carbocycles. The fourth-order valence-corrected chi connectivity index (χ4v) is 2.22. The number of fused-ring (bicyclic) bond motifs is 2. The van der Waals surface area contributed by atoms with Gasteiger partial charge in [0.15, 0.2) is 0 Å². The molecule has 0 saturated carbocycles. The lowest BCUT2D eigenvalue weighted by Gasteiger charge is -2.04. The van der Waals surface area contributed by atoms with Gasteiger partial charge in [-0.3, -0.25) is 0 Å². The third kappa shape index (κ3) is 1.69. The summed E-state index contributed by atoms with van der Waals surface area (Å²) in [5.74, 6) is -1.07. The van der Waals surface area contributed by atoms with Crippen LogP contribution >= 0.6 is 11.6 Å². The van der Waals surface area contributed by atoms with Gasteiger partial charge in [0, 0.05) is 5.39 Å². The first-order valence-corrected chi connectivity index (χ1v) is 5.75. The Balaban J connectivity index is 2.40. The zero-order chi connectivity index (χ0) is 12.7. The lowest BCUT2D eigenvalue weighted by atomic mass is 10.1. The van der Waals surface area contributed by atoms with Gasteiger partial charge >= 0.3 is 5.97 Å². The van der Waals surface area contributed by atoms with E-state index in [0.29, 0.717) is 5.52 Å². The van der Waals surface area contributed by atoms with E-state index in [2.05, 4.69) is 4.98 Å². The fraction of sp³-hybridized carbons (Fsp3) is 0. The quantitative estimate of drug-likeness (QED) is 0.534. The Bertz CT molecular complexity index is 783. The van der Waals surface area contributed by atoms with Crippen LogP contribution in [0.15, 0.2) is 42.5 Å². The fourth-order valence-electron chi connectivity index (χ4n) is 1.99. The van der Waals surface area contributed by atoms with E-state index in [0.717, 1.165) is 16.2 Å². The highest BCUT2D eigenvalue weighted by Crippen LogP contribution is 2.25. The number of nitrogens with zero attached hydrogens (tertiary/aromatic N) is 1. The minimum Gasteiger partial charge on any atom is -0.478 e. The van der Waals surface area contributed by atoms with E-state index in [9.17, 15) is 4.79 Å². The predicted octanol–water partition coefficient (Wildman–Crippen LogP) is 3.74. The van der Waals surface area contributed by atoms with Gasteiger partial charge in [-0.25, -0.2) is 9.78 Å². The molecular formula is C14H8ClNO2. The van der Waals surface area contributed by atoms with Gasteiger partial charge in [-0.05, 0) is 29.0 Å². The minimum atomic E-state index is -1.07. The number of carboxylic acid groups (broad SMARTS) is 1. The van der Waals surface area contributed by atoms with Crippen LogP contribution in [0.3, 0.4) is 0 Å². The summed E-state index contributed by atoms with van der Waals surface area (Å²) in [7, 11) is 0. The van der Waals surface area contributed by atoms with Crippen molar-refractivity contribution in [2.45, 2.75) is 0 Å². The minimum absolute atomic E-state index is 0.0188. The third-order valence-electron chi connectivity index (χ3n) is 2.87. The van der Waals surface area contributed by atoms with Crippen LogP contribution in [0.25, 0.3) is 21.7 Å². The van der Waals surface area contributed by atoms with Crippen molar-refractivity contribution in [2.75, 3.05) is 0 Å². The summed E-state index contributed by atoms with van der Waals surface area (Å²) < 4.78 is 0. The normalized spacial score (nSPS) is 10.9. The molecule has 0 amide bonds. The Morgan fingerprint density at radius 1 is 1.06 bits per heavy atom. The molecular weight excluding hydrogens is 250 g/mol. The summed E-state index contributed by atoms with van der Waals surface area (Å²) in [5.41, 5.74) is 0.725. The number of halogens is 1. The molecule has 0 bridgehead atoms. The molecule has 0 atom stereocenters. The maximum Gasteiger partial charge on any atom is 0.338 e. The maximum absolute atomic E-state index is 11.0. The smallest absolute Gasteiger partial charge is 0.338 e. The maximum atomic E-state index is 11.0. The van der Waals surface area contributed by atoms with Crippen molar-refractivity contribution in [1.29, 1.82) is 0 Å². The number of pyridine rings is 1. The Morgan fingerprint density at radius 3 is 2.39 bits per heavy atom. The molecule has 1 aromatic heterocycles. The van der Waals surface area contributed by atoms with Gasteiger partial charge < -0.3 is 5.11 Å². The molecule has 0 radical (unpaired) electrons. The summed E-state index contributed by atoms with van der Waals surface area (Å²) in [6.07, 6.45) is 0. The van der Waals surface area contributed by atoms with E-state index >= 15 is 0 Å². The molecule has 3 aromatic rings. The first kappa shape index (κ1) is 11.0. The molecule has 0 unspecified atom stereocenters. The second-order valence-electron chi connectivity index (χ2n) is 4.02. The predicted molar refractivity (Wildman–Crippen MR) is 71.2 cm³/mol. The van der Waals surface area contributed by atoms with Gasteiger partial charge in [0.05, 0.1) is 11.1 Å². The first-order valence-electron chi connectivity index (χ1n) is 5.37. The van der Waals surface area contributed by atoms with Crippen LogP contribution in [0, 0.1) is 0 Å². The van der Waals surface area contributed by atoms with Crippen molar-refractivity contribution in [3.63, 3.8) is 0 Å². The van der Waals surface area contributed by atoms with Gasteiger partial charge in [-0.2, -0.15) is 0 Å². The molecule has 3 nitrogen and oxygen atoms in total. The van der Waals surface area contributed by atoms with Gasteiger partial charge in [0.2, 0.25) is 0 Å². The molecule has 4 heteroatoms. The number of aromatic nitrogens is 1. The van der Waals surface area contributed by atoms with Crippen LogP contribution in [-0.2, 0) is 0 Å². The average Bonchev–Trinajstić information content (AvgIpc) is 2.35. The molecule has 1 N–H and O–H groups in total. The number of carboxylic acids is 1. The monoisotopic (exact) mass is 257 g/mol. The molecule has 3 rings (SSSR count). The van der Waals surface area contributed by atoms with Gasteiger partial charge in [0.25, 0.3) is 0 Å². The molecule has 0 saturated heterocycles. The van der Waals surface area contributed by atoms with Crippen LogP contribution < -0.4 is 0 Å². The number of benzene rings is 2. The number of rotatable bonds is 1. The lowest BCUT2D eigenvalue weighted by Crippen LogP contribution is -1.99. The van der Waals surface area contributed by atoms with Crippen LogP contribution in [0.1, 0.15) is 10.4 Å². The highest BCUT2D eigenvalue weighted by atomic mass is 35.5. The molecule has 88 valence electrons. The van der Waals surface area contributed by atoms with E-state index < -0.39 is 5.97 Å². The van der Waals surface area contributed by atoms with Gasteiger partial charge in [-0.1, -0.05) is 35.9 Å². The summed E-state index contributed by atoms with van der Waals surface area (Å²) >= 11 is 5.86. The zero-order valence-electron chi connectivity index (χ0n) is 9.22. The van der Waals surface area contributed by atoms with E-state index in [1.54, 1.807) is 6.07 Å². The largest absolute Gasteiger partial charge is 0.478 e. The number of carbonyl (C=O) groups is 1. The summed E-state index contributed by atoms with van der Waals surface area (Å²) in [5, 5.41) is 11.9. The van der Waals surface area contributed by atoms with Crippen molar-refractivity contribution in [3.8, 4) is 0 Å². The van der Waals surface area contributed by atoms with E-state index in [-0.39, 0.29) is 10.7 Å². The molecule has 2 aromatic carbocycles. The Labute approximate surface area is 108 Å². The standard InChI is InChI=1S/C14H8ClNO2/c15-13-11(14(17)18)6-10-5-8-3-1-2-4-9(8)7-12(10)16-13/h1-7H,(H,17,18). The third-order valence-corrected chi connectivity index (χ3v) is 3.15. The van der Waals surface area contributed by atoms with E-state index in [1.165, 1.54) is 0 Å². The number of hydrogen-bond acceptors (Lipinski definition) is 2. The van der Waals surface area contributed by atoms with E-state index in [4.69, 9.17) is 16.7 Å². The van der Waals surface area contributed by atoms with Crippen molar-refractivity contribution >= 4 is 39.2 Å². The highest BCUT2D eigenvalue weighted by Gasteiger charge is 2.11. The topological polar surface area (TPSA) is 50.2 Å². The van der Waals surface area contributed by atoms with Gasteiger partial charge in [-0.15, -0.1) is 0 Å². The van der Waals surface area contributed by atoms with Crippen molar-refractivity contribution < 1.29 is 9.90 Å². The average molecular weight is 258 g/mol. The second-order valence-corrected chi connectivity index (χ2v) is 4.38. The first-order chi connectivity index (χ1) is 8.65. The van der Waals surface area contributed by atoms with Crippen LogP contribution in [0.4, 0.5) is 0 Å². The van der Waals surface area contributed by atoms with Crippen molar-refractivity contribution in [2.24, 2.45) is 0 Å². The summed E-state index contributed by atoms with van der Waals surface area (Å²) in [6, 6.07) is 13.2. The zero-order valence-corrected chi connectivity index (χ0v) is 9.98. The Hall–Kier alpha value is -2.13.